The zero-order chi connectivity index (χ0) is 45.2. The van der Waals surface area contributed by atoms with E-state index in [-0.39, 0.29) is 5.92 Å². The number of hydrogen-bond acceptors (Lipinski definition) is 7. The maximum absolute atomic E-state index is 5.09. The predicted molar refractivity (Wildman–Crippen MR) is 279 cm³/mol. The summed E-state index contributed by atoms with van der Waals surface area (Å²) in [7, 11) is 0. The van der Waals surface area contributed by atoms with Crippen LogP contribution in [0.1, 0.15) is 22.7 Å². The van der Waals surface area contributed by atoms with Crippen LogP contribution in [-0.2, 0) is 0 Å². The highest BCUT2D eigenvalue weighted by molar-refractivity contribution is 6.31. The Kier molecular flexibility index (Phi) is 10.5. The van der Waals surface area contributed by atoms with Gasteiger partial charge in [-0.3, -0.25) is 19.7 Å². The van der Waals surface area contributed by atoms with Crippen molar-refractivity contribution in [3.05, 3.63) is 272 Å². The SMILES string of the molecule is c1ccc(C(c2ccccn2)c2cc(N(c3ccccc3)c3ccccn3)c3ccc4c(N(c5ccccc5)c5ccccn5)cc(N(c5ccccc5)c5ccccn5)c5ccc2c3c54)cc1. The number of benzene rings is 8. The highest BCUT2D eigenvalue weighted by Gasteiger charge is 2.30. The Morgan fingerprint density at radius 3 is 1.04 bits per heavy atom. The molecule has 0 amide bonds. The lowest BCUT2D eigenvalue weighted by molar-refractivity contribution is 0.927. The van der Waals surface area contributed by atoms with Gasteiger partial charge in [-0.2, -0.15) is 0 Å². The molecule has 12 rings (SSSR count). The molecule has 12 aromatic rings. The number of aromatic nitrogens is 4. The lowest BCUT2D eigenvalue weighted by Crippen LogP contribution is -2.16. The third kappa shape index (κ3) is 7.19. The molecule has 0 N–H and O–H groups in total. The molecule has 68 heavy (non-hydrogen) atoms. The molecule has 4 heterocycles. The van der Waals surface area contributed by atoms with Gasteiger partial charge >= 0.3 is 0 Å². The average Bonchev–Trinajstić information content (AvgIpc) is 3.42. The van der Waals surface area contributed by atoms with Crippen LogP contribution in [0, 0.1) is 0 Å². The van der Waals surface area contributed by atoms with E-state index in [1.807, 2.05) is 49.1 Å². The van der Waals surface area contributed by atoms with Gasteiger partial charge in [0.05, 0.1) is 28.7 Å². The molecule has 8 aromatic carbocycles. The molecule has 0 radical (unpaired) electrons. The second-order valence-electron chi connectivity index (χ2n) is 16.6. The highest BCUT2D eigenvalue weighted by atomic mass is 15.2. The van der Waals surface area contributed by atoms with Gasteiger partial charge in [0, 0.05) is 63.4 Å². The molecule has 7 heteroatoms. The van der Waals surface area contributed by atoms with Crippen molar-refractivity contribution in [3.8, 4) is 0 Å². The summed E-state index contributed by atoms with van der Waals surface area (Å²) in [6, 6.07) is 80.8. The quantitative estimate of drug-likeness (QED) is 0.113. The topological polar surface area (TPSA) is 61.3 Å². The number of pyridine rings is 4. The van der Waals surface area contributed by atoms with Gasteiger partial charge in [0.15, 0.2) is 0 Å². The molecule has 1 atom stereocenters. The van der Waals surface area contributed by atoms with Crippen molar-refractivity contribution in [2.45, 2.75) is 5.92 Å². The Labute approximate surface area is 394 Å². The van der Waals surface area contributed by atoms with Gasteiger partial charge in [0.2, 0.25) is 0 Å². The number of rotatable bonds is 12. The fourth-order valence-corrected chi connectivity index (χ4v) is 9.83. The van der Waals surface area contributed by atoms with Gasteiger partial charge in [0.1, 0.15) is 17.5 Å². The second-order valence-corrected chi connectivity index (χ2v) is 16.6. The van der Waals surface area contributed by atoms with Gasteiger partial charge in [-0.1, -0.05) is 133 Å². The minimum absolute atomic E-state index is 0.218. The first-order valence-corrected chi connectivity index (χ1v) is 22.8. The van der Waals surface area contributed by atoms with Crippen LogP contribution in [-0.4, -0.2) is 19.9 Å². The minimum atomic E-state index is -0.218. The van der Waals surface area contributed by atoms with E-state index in [1.165, 1.54) is 0 Å². The standard InChI is InChI=1S/C61H43N7/c1-5-21-43(22-6-1)59(52-29-13-17-37-62-52)51-41-53(66(44-23-7-2-8-24-44)56-30-14-18-38-63-56)48-35-36-50-55(68(46-27-11-4-12-28-46)58-32-16-20-40-65-58)42-54(49-34-33-47(51)60(48)61(49)50)67(45-25-9-3-10-26-45)57-31-15-19-39-64-57/h1-42,59H. The van der Waals surface area contributed by atoms with Crippen LogP contribution in [0.15, 0.2) is 255 Å². The zero-order valence-electron chi connectivity index (χ0n) is 37.0. The van der Waals surface area contributed by atoms with Crippen LogP contribution >= 0.6 is 0 Å². The normalized spacial score (nSPS) is 11.8. The van der Waals surface area contributed by atoms with Crippen LogP contribution < -0.4 is 14.7 Å². The third-order valence-corrected chi connectivity index (χ3v) is 12.7. The van der Waals surface area contributed by atoms with Crippen LogP contribution in [0.3, 0.4) is 0 Å². The summed E-state index contributed by atoms with van der Waals surface area (Å²) < 4.78 is 0. The van der Waals surface area contributed by atoms with E-state index in [9.17, 15) is 0 Å². The van der Waals surface area contributed by atoms with Crippen LogP contribution in [0.4, 0.5) is 51.6 Å². The van der Waals surface area contributed by atoms with Crippen molar-refractivity contribution in [2.75, 3.05) is 14.7 Å². The summed E-state index contributed by atoms with van der Waals surface area (Å²) in [6.45, 7) is 0. The van der Waals surface area contributed by atoms with E-state index >= 15 is 0 Å². The van der Waals surface area contributed by atoms with E-state index in [0.717, 1.165) is 101 Å². The van der Waals surface area contributed by atoms with E-state index < -0.39 is 0 Å². The summed E-state index contributed by atoms with van der Waals surface area (Å²) in [4.78, 5) is 27.0. The lowest BCUT2D eigenvalue weighted by atomic mass is 9.81. The molecule has 0 fully saturated rings. The molecule has 4 aromatic heterocycles. The van der Waals surface area contributed by atoms with Crippen molar-refractivity contribution in [3.63, 3.8) is 0 Å². The van der Waals surface area contributed by atoms with Crippen LogP contribution in [0.2, 0.25) is 0 Å². The zero-order valence-corrected chi connectivity index (χ0v) is 37.0. The predicted octanol–water partition coefficient (Wildman–Crippen LogP) is 15.8. The first kappa shape index (κ1) is 40.3. The molecular weight excluding hydrogens is 831 g/mol. The number of hydrogen-bond donors (Lipinski definition) is 0. The smallest absolute Gasteiger partial charge is 0.137 e. The summed E-state index contributed by atoms with van der Waals surface area (Å²) in [6.07, 6.45) is 7.49. The fraction of sp³-hybridized carbons (Fsp3) is 0.0164. The van der Waals surface area contributed by atoms with Crippen molar-refractivity contribution in [1.29, 1.82) is 0 Å². The van der Waals surface area contributed by atoms with Crippen molar-refractivity contribution in [2.24, 2.45) is 0 Å². The molecule has 0 saturated carbocycles. The average molecular weight is 874 g/mol. The van der Waals surface area contributed by atoms with E-state index in [2.05, 4.69) is 221 Å². The Morgan fingerprint density at radius 2 is 0.647 bits per heavy atom. The molecule has 0 aliphatic carbocycles. The first-order chi connectivity index (χ1) is 33.8. The van der Waals surface area contributed by atoms with Crippen molar-refractivity contribution < 1.29 is 0 Å². The van der Waals surface area contributed by atoms with Crippen LogP contribution in [0.5, 0.6) is 0 Å². The molecule has 322 valence electrons. The molecule has 0 aliphatic rings. The highest BCUT2D eigenvalue weighted by Crippen LogP contribution is 2.53. The maximum Gasteiger partial charge on any atom is 0.137 e. The van der Waals surface area contributed by atoms with E-state index in [4.69, 9.17) is 19.9 Å². The molecule has 0 saturated heterocycles. The van der Waals surface area contributed by atoms with E-state index in [1.54, 1.807) is 0 Å². The molecule has 7 nitrogen and oxygen atoms in total. The molecule has 0 spiro atoms. The largest absolute Gasteiger partial charge is 0.294 e. The number of nitrogens with zero attached hydrogens (tertiary/aromatic N) is 7. The Morgan fingerprint density at radius 1 is 0.294 bits per heavy atom. The molecule has 0 aliphatic heterocycles. The summed E-state index contributed by atoms with van der Waals surface area (Å²) in [5.41, 5.74) is 9.17. The van der Waals surface area contributed by atoms with Crippen molar-refractivity contribution in [1.82, 2.24) is 19.9 Å². The molecule has 0 bridgehead atoms. The first-order valence-electron chi connectivity index (χ1n) is 22.8. The van der Waals surface area contributed by atoms with E-state index in [0.29, 0.717) is 0 Å². The summed E-state index contributed by atoms with van der Waals surface area (Å²) >= 11 is 0. The van der Waals surface area contributed by atoms with Gasteiger partial charge in [-0.05, 0) is 119 Å². The Balaban J connectivity index is 1.28. The van der Waals surface area contributed by atoms with Crippen molar-refractivity contribution >= 4 is 83.9 Å². The molecule has 1 unspecified atom stereocenters. The van der Waals surface area contributed by atoms with Gasteiger partial charge in [0.25, 0.3) is 0 Å². The monoisotopic (exact) mass is 873 g/mol. The number of anilines is 9. The summed E-state index contributed by atoms with van der Waals surface area (Å²) in [5.74, 6) is 2.19. The van der Waals surface area contributed by atoms with Gasteiger partial charge in [-0.15, -0.1) is 0 Å². The number of para-hydroxylation sites is 3. The van der Waals surface area contributed by atoms with Crippen LogP contribution in [0.25, 0.3) is 32.3 Å². The van der Waals surface area contributed by atoms with Gasteiger partial charge in [-0.25, -0.2) is 15.0 Å². The fourth-order valence-electron chi connectivity index (χ4n) is 9.83. The minimum Gasteiger partial charge on any atom is -0.294 e. The second kappa shape index (κ2) is 17.6. The third-order valence-electron chi connectivity index (χ3n) is 12.7. The van der Waals surface area contributed by atoms with Gasteiger partial charge < -0.3 is 0 Å². The lowest BCUT2D eigenvalue weighted by Gasteiger charge is -2.33. The molecular formula is C61H43N7. The Hall–Kier alpha value is -9.20. The Bertz CT molecular complexity index is 2970. The summed E-state index contributed by atoms with van der Waals surface area (Å²) in [5, 5.41) is 6.61. The maximum atomic E-state index is 5.09.